The highest BCUT2D eigenvalue weighted by molar-refractivity contribution is 8.26. The fourth-order valence-electron chi connectivity index (χ4n) is 1.36. The summed E-state index contributed by atoms with van der Waals surface area (Å²) in [4.78, 5) is 12.0. The topological polar surface area (TPSA) is 46.9 Å². The van der Waals surface area contributed by atoms with Crippen molar-refractivity contribution >= 4 is 51.9 Å². The van der Waals surface area contributed by atoms with Gasteiger partial charge in [0.1, 0.15) is 9.47 Å². The van der Waals surface area contributed by atoms with Gasteiger partial charge < -0.3 is 5.32 Å². The lowest BCUT2D eigenvalue weighted by Gasteiger charge is -1.94. The molecular weight excluding hydrogens is 266 g/mol. The SMILES string of the molecule is Cc1nn(C)c(Cl)c1/C=C1\SC(=S)NC1=O. The number of nitrogens with one attached hydrogen (secondary N) is 1. The number of aromatic nitrogens is 2. The number of thioether (sulfide) groups is 1. The molecule has 1 saturated heterocycles. The number of carbonyl (C=O) groups excluding carboxylic acids is 1. The second kappa shape index (κ2) is 4.20. The van der Waals surface area contributed by atoms with E-state index < -0.39 is 0 Å². The first-order valence-electron chi connectivity index (χ1n) is 4.43. The summed E-state index contributed by atoms with van der Waals surface area (Å²) in [6.07, 6.45) is 1.71. The smallest absolute Gasteiger partial charge is 0.263 e. The first kappa shape index (κ1) is 11.6. The summed E-state index contributed by atoms with van der Waals surface area (Å²) in [7, 11) is 1.75. The van der Waals surface area contributed by atoms with E-state index in [0.29, 0.717) is 14.4 Å². The second-order valence-corrected chi connectivity index (χ2v) is 5.34. The van der Waals surface area contributed by atoms with Crippen LogP contribution in [0.15, 0.2) is 4.91 Å². The van der Waals surface area contributed by atoms with E-state index in [1.54, 1.807) is 17.8 Å². The monoisotopic (exact) mass is 273 g/mol. The van der Waals surface area contributed by atoms with Gasteiger partial charge in [0, 0.05) is 12.6 Å². The van der Waals surface area contributed by atoms with Gasteiger partial charge in [-0.3, -0.25) is 9.48 Å². The number of carbonyl (C=O) groups is 1. The van der Waals surface area contributed by atoms with Gasteiger partial charge in [0.05, 0.1) is 10.6 Å². The summed E-state index contributed by atoms with van der Waals surface area (Å²) in [6.45, 7) is 1.84. The third-order valence-corrected chi connectivity index (χ3v) is 3.72. The van der Waals surface area contributed by atoms with Gasteiger partial charge in [-0.1, -0.05) is 35.6 Å². The fraction of sp³-hybridized carbons (Fsp3) is 0.222. The van der Waals surface area contributed by atoms with Gasteiger partial charge in [-0.05, 0) is 13.0 Å². The maximum absolute atomic E-state index is 11.5. The van der Waals surface area contributed by atoms with E-state index in [2.05, 4.69) is 10.4 Å². The first-order chi connectivity index (χ1) is 7.49. The lowest BCUT2D eigenvalue weighted by atomic mass is 10.2. The number of aryl methyl sites for hydroxylation is 2. The lowest BCUT2D eigenvalue weighted by Crippen LogP contribution is -2.17. The molecule has 7 heteroatoms. The van der Waals surface area contributed by atoms with Crippen LogP contribution in [0, 0.1) is 6.92 Å². The number of hydrogen-bond donors (Lipinski definition) is 1. The van der Waals surface area contributed by atoms with E-state index in [9.17, 15) is 4.79 Å². The van der Waals surface area contributed by atoms with Crippen molar-refractivity contribution in [3.05, 3.63) is 21.3 Å². The Kier molecular flexibility index (Phi) is 3.05. The van der Waals surface area contributed by atoms with E-state index in [-0.39, 0.29) is 5.91 Å². The van der Waals surface area contributed by atoms with Crippen molar-refractivity contribution in [2.24, 2.45) is 7.05 Å². The highest BCUT2D eigenvalue weighted by Crippen LogP contribution is 2.29. The molecule has 16 heavy (non-hydrogen) atoms. The van der Waals surface area contributed by atoms with E-state index in [1.807, 2.05) is 6.92 Å². The van der Waals surface area contributed by atoms with Crippen LogP contribution in [0.4, 0.5) is 0 Å². The van der Waals surface area contributed by atoms with Crippen LogP contribution >= 0.6 is 35.6 Å². The maximum atomic E-state index is 11.5. The molecule has 0 aliphatic carbocycles. The van der Waals surface area contributed by atoms with E-state index in [1.165, 1.54) is 11.8 Å². The molecule has 0 radical (unpaired) electrons. The zero-order valence-electron chi connectivity index (χ0n) is 8.57. The van der Waals surface area contributed by atoms with Crippen LogP contribution in [-0.2, 0) is 11.8 Å². The molecule has 2 rings (SSSR count). The third kappa shape index (κ3) is 2.00. The predicted molar refractivity (Wildman–Crippen MR) is 69.3 cm³/mol. The molecule has 0 bridgehead atoms. The Morgan fingerprint density at radius 3 is 2.75 bits per heavy atom. The molecule has 1 fully saturated rings. The molecule has 4 nitrogen and oxygen atoms in total. The maximum Gasteiger partial charge on any atom is 0.263 e. The van der Waals surface area contributed by atoms with Crippen LogP contribution in [0.2, 0.25) is 5.15 Å². The average Bonchev–Trinajstić information content (AvgIpc) is 2.62. The molecule has 0 aromatic carbocycles. The normalized spacial score (nSPS) is 18.3. The van der Waals surface area contributed by atoms with Gasteiger partial charge in [0.25, 0.3) is 5.91 Å². The average molecular weight is 274 g/mol. The molecule has 1 aliphatic heterocycles. The molecule has 0 spiro atoms. The van der Waals surface area contributed by atoms with Crippen LogP contribution in [0.5, 0.6) is 0 Å². The molecule has 1 aromatic rings. The number of thiocarbonyl (C=S) groups is 1. The number of halogens is 1. The summed E-state index contributed by atoms with van der Waals surface area (Å²) in [5.74, 6) is -0.186. The zero-order valence-corrected chi connectivity index (χ0v) is 11.0. The zero-order chi connectivity index (χ0) is 11.9. The van der Waals surface area contributed by atoms with Crippen LogP contribution in [0.1, 0.15) is 11.3 Å². The molecule has 1 amide bonds. The number of rotatable bonds is 1. The molecule has 0 saturated carbocycles. The summed E-state index contributed by atoms with van der Waals surface area (Å²) in [6, 6.07) is 0. The predicted octanol–water partition coefficient (Wildman–Crippen LogP) is 1.87. The molecule has 0 atom stereocenters. The van der Waals surface area contributed by atoms with E-state index >= 15 is 0 Å². The Labute approximate surface area is 107 Å². The third-order valence-electron chi connectivity index (χ3n) is 2.11. The van der Waals surface area contributed by atoms with E-state index in [4.69, 9.17) is 23.8 Å². The van der Waals surface area contributed by atoms with Crippen molar-refractivity contribution < 1.29 is 4.79 Å². The molecule has 0 unspecified atom stereocenters. The van der Waals surface area contributed by atoms with Gasteiger partial charge in [0.15, 0.2) is 0 Å². The number of hydrogen-bond acceptors (Lipinski definition) is 4. The van der Waals surface area contributed by atoms with Gasteiger partial charge in [-0.2, -0.15) is 5.10 Å². The fourth-order valence-corrected chi connectivity index (χ4v) is 2.62. The molecule has 2 heterocycles. The minimum atomic E-state index is -0.186. The van der Waals surface area contributed by atoms with Crippen LogP contribution in [-0.4, -0.2) is 20.0 Å². The van der Waals surface area contributed by atoms with Crippen molar-refractivity contribution in [1.82, 2.24) is 15.1 Å². The van der Waals surface area contributed by atoms with Crippen molar-refractivity contribution in [2.45, 2.75) is 6.92 Å². The Morgan fingerprint density at radius 2 is 2.31 bits per heavy atom. The summed E-state index contributed by atoms with van der Waals surface area (Å²) in [5.41, 5.74) is 1.54. The summed E-state index contributed by atoms with van der Waals surface area (Å²) < 4.78 is 2.04. The van der Waals surface area contributed by atoms with Gasteiger partial charge >= 0.3 is 0 Å². The minimum Gasteiger partial charge on any atom is -0.307 e. The van der Waals surface area contributed by atoms with Crippen molar-refractivity contribution in [2.75, 3.05) is 0 Å². The van der Waals surface area contributed by atoms with Crippen LogP contribution < -0.4 is 5.32 Å². The Balaban J connectivity index is 2.43. The quantitative estimate of drug-likeness (QED) is 0.627. The molecular formula is C9H8ClN3OS2. The Bertz CT molecular complexity index is 521. The molecule has 1 aromatic heterocycles. The summed E-state index contributed by atoms with van der Waals surface area (Å²) >= 11 is 12.2. The van der Waals surface area contributed by atoms with Crippen molar-refractivity contribution in [1.29, 1.82) is 0 Å². The number of amides is 1. The van der Waals surface area contributed by atoms with Crippen LogP contribution in [0.3, 0.4) is 0 Å². The Morgan fingerprint density at radius 1 is 1.62 bits per heavy atom. The highest BCUT2D eigenvalue weighted by atomic mass is 35.5. The largest absolute Gasteiger partial charge is 0.307 e. The molecule has 1 N–H and O–H groups in total. The van der Waals surface area contributed by atoms with Crippen molar-refractivity contribution in [3.8, 4) is 0 Å². The van der Waals surface area contributed by atoms with Gasteiger partial charge in [0.2, 0.25) is 0 Å². The summed E-state index contributed by atoms with van der Waals surface area (Å²) in [5, 5.41) is 7.22. The highest BCUT2D eigenvalue weighted by Gasteiger charge is 2.23. The Hall–Kier alpha value is -0.850. The molecule has 84 valence electrons. The van der Waals surface area contributed by atoms with E-state index in [0.717, 1.165) is 11.3 Å². The van der Waals surface area contributed by atoms with Gasteiger partial charge in [-0.15, -0.1) is 0 Å². The lowest BCUT2D eigenvalue weighted by molar-refractivity contribution is -0.115. The standard InChI is InChI=1S/C9H8ClN3OS2/c1-4-5(7(10)13(2)12-4)3-6-8(14)11-9(15)16-6/h3H,1-2H3,(H,11,14,15)/b6-3-. The van der Waals surface area contributed by atoms with Crippen molar-refractivity contribution in [3.63, 3.8) is 0 Å². The van der Waals surface area contributed by atoms with Gasteiger partial charge in [-0.25, -0.2) is 0 Å². The minimum absolute atomic E-state index is 0.186. The molecule has 1 aliphatic rings. The number of nitrogens with zero attached hydrogens (tertiary/aromatic N) is 2. The first-order valence-corrected chi connectivity index (χ1v) is 6.03. The van der Waals surface area contributed by atoms with Crippen LogP contribution in [0.25, 0.3) is 6.08 Å². The second-order valence-electron chi connectivity index (χ2n) is 3.27.